The van der Waals surface area contributed by atoms with Crippen molar-refractivity contribution in [1.29, 1.82) is 0 Å². The van der Waals surface area contributed by atoms with Crippen molar-refractivity contribution in [2.75, 3.05) is 0 Å². The second-order valence-electron chi connectivity index (χ2n) is 4.96. The van der Waals surface area contributed by atoms with E-state index in [1.165, 1.54) is 6.07 Å². The zero-order chi connectivity index (χ0) is 17.3. The molecule has 1 aromatic heterocycles. The summed E-state index contributed by atoms with van der Waals surface area (Å²) in [6.45, 7) is 1.85. The highest BCUT2D eigenvalue weighted by Gasteiger charge is 2.38. The van der Waals surface area contributed by atoms with E-state index in [0.717, 1.165) is 5.56 Å². The minimum atomic E-state index is -4.68. The molecule has 0 saturated carbocycles. The van der Waals surface area contributed by atoms with Gasteiger partial charge in [-0.15, -0.1) is 0 Å². The van der Waals surface area contributed by atoms with Crippen molar-refractivity contribution >= 4 is 11.6 Å². The molecule has 124 valence electrons. The van der Waals surface area contributed by atoms with Crippen molar-refractivity contribution in [3.8, 4) is 22.9 Å². The summed E-state index contributed by atoms with van der Waals surface area (Å²) in [5.74, 6) is -0.606. The van der Waals surface area contributed by atoms with Gasteiger partial charge >= 0.3 is 12.1 Å². The fraction of sp³-hybridized carbons (Fsp3) is 0.125. The van der Waals surface area contributed by atoms with Gasteiger partial charge in [0.25, 0.3) is 0 Å². The molecule has 3 rings (SSSR count). The van der Waals surface area contributed by atoms with E-state index >= 15 is 0 Å². The van der Waals surface area contributed by atoms with Crippen LogP contribution in [0.3, 0.4) is 0 Å². The Bertz CT molecular complexity index is 878. The summed E-state index contributed by atoms with van der Waals surface area (Å²) < 4.78 is 47.6. The maximum atomic E-state index is 12.5. The van der Waals surface area contributed by atoms with Crippen molar-refractivity contribution in [3.63, 3.8) is 0 Å². The lowest BCUT2D eigenvalue weighted by Gasteiger charge is -2.09. The maximum absolute atomic E-state index is 12.5. The largest absolute Gasteiger partial charge is 0.471 e. The van der Waals surface area contributed by atoms with Crippen LogP contribution in [-0.4, -0.2) is 10.1 Å². The van der Waals surface area contributed by atoms with Crippen LogP contribution in [0.4, 0.5) is 13.2 Å². The van der Waals surface area contributed by atoms with Crippen LogP contribution in [0.15, 0.2) is 47.0 Å². The van der Waals surface area contributed by atoms with Gasteiger partial charge in [0, 0.05) is 10.6 Å². The number of benzene rings is 2. The third kappa shape index (κ3) is 3.51. The molecule has 1 heterocycles. The summed E-state index contributed by atoms with van der Waals surface area (Å²) in [7, 11) is 0. The van der Waals surface area contributed by atoms with Gasteiger partial charge in [0.1, 0.15) is 11.5 Å². The molecular weight excluding hydrogens is 345 g/mol. The Hall–Kier alpha value is -2.54. The van der Waals surface area contributed by atoms with Gasteiger partial charge in [0.05, 0.1) is 0 Å². The van der Waals surface area contributed by atoms with Crippen LogP contribution >= 0.6 is 11.6 Å². The fourth-order valence-electron chi connectivity index (χ4n) is 1.97. The molecule has 0 unspecified atom stereocenters. The Kier molecular flexibility index (Phi) is 4.19. The molecule has 3 aromatic rings. The first-order valence-corrected chi connectivity index (χ1v) is 7.16. The second-order valence-corrected chi connectivity index (χ2v) is 5.40. The Morgan fingerprint density at radius 3 is 2.62 bits per heavy atom. The van der Waals surface area contributed by atoms with E-state index < -0.39 is 12.1 Å². The number of hydrogen-bond acceptors (Lipinski definition) is 4. The third-order valence-corrected chi connectivity index (χ3v) is 3.37. The summed E-state index contributed by atoms with van der Waals surface area (Å²) in [6, 6.07) is 11.5. The minimum absolute atomic E-state index is 0.171. The predicted molar refractivity (Wildman–Crippen MR) is 81.0 cm³/mol. The number of hydrogen-bond donors (Lipinski definition) is 0. The monoisotopic (exact) mass is 354 g/mol. The molecule has 8 heteroatoms. The highest BCUT2D eigenvalue weighted by molar-refractivity contribution is 6.30. The number of ether oxygens (including phenoxy) is 1. The molecule has 0 atom stereocenters. The molecule has 0 radical (unpaired) electrons. The van der Waals surface area contributed by atoms with Crippen molar-refractivity contribution < 1.29 is 22.4 Å². The lowest BCUT2D eigenvalue weighted by Crippen LogP contribution is -2.04. The van der Waals surface area contributed by atoms with Crippen LogP contribution < -0.4 is 4.74 Å². The van der Waals surface area contributed by atoms with E-state index in [-0.39, 0.29) is 5.82 Å². The summed E-state index contributed by atoms with van der Waals surface area (Å²) in [4.78, 5) is 3.35. The van der Waals surface area contributed by atoms with Gasteiger partial charge in [0.15, 0.2) is 0 Å². The van der Waals surface area contributed by atoms with Gasteiger partial charge in [-0.3, -0.25) is 0 Å². The second kappa shape index (κ2) is 6.16. The summed E-state index contributed by atoms with van der Waals surface area (Å²) >= 11 is 5.94. The molecule has 0 saturated heterocycles. The van der Waals surface area contributed by atoms with Gasteiger partial charge in [0.2, 0.25) is 5.82 Å². The van der Waals surface area contributed by atoms with Gasteiger partial charge in [-0.1, -0.05) is 35.0 Å². The Balaban J connectivity index is 1.89. The normalized spacial score (nSPS) is 11.5. The average Bonchev–Trinajstić information content (AvgIpc) is 3.01. The first-order chi connectivity index (χ1) is 11.3. The van der Waals surface area contributed by atoms with Crippen LogP contribution in [0.5, 0.6) is 11.5 Å². The molecule has 2 aromatic carbocycles. The van der Waals surface area contributed by atoms with Crippen LogP contribution in [0.1, 0.15) is 11.5 Å². The lowest BCUT2D eigenvalue weighted by atomic mass is 10.2. The summed E-state index contributed by atoms with van der Waals surface area (Å²) in [5.41, 5.74) is 1.20. The number of halogens is 4. The molecule has 0 aliphatic carbocycles. The van der Waals surface area contributed by atoms with E-state index in [4.69, 9.17) is 16.3 Å². The number of aromatic nitrogens is 2. The molecule has 0 amide bonds. The zero-order valence-corrected chi connectivity index (χ0v) is 13.0. The standard InChI is InChI=1S/C16H10ClF3N2O2/c1-9-5-6-11(17)8-13(9)23-12-4-2-3-10(7-12)14-21-15(24-22-14)16(18,19)20/h2-8H,1H3. The third-order valence-electron chi connectivity index (χ3n) is 3.14. The fourth-order valence-corrected chi connectivity index (χ4v) is 2.13. The number of alkyl halides is 3. The topological polar surface area (TPSA) is 48.2 Å². The van der Waals surface area contributed by atoms with Crippen LogP contribution in [0.25, 0.3) is 11.4 Å². The van der Waals surface area contributed by atoms with E-state index in [9.17, 15) is 13.2 Å². The van der Waals surface area contributed by atoms with Gasteiger partial charge in [-0.25, -0.2) is 0 Å². The molecule has 4 nitrogen and oxygen atoms in total. The van der Waals surface area contributed by atoms with E-state index in [0.29, 0.717) is 22.1 Å². The molecule has 0 N–H and O–H groups in total. The van der Waals surface area contributed by atoms with Gasteiger partial charge in [-0.2, -0.15) is 18.2 Å². The van der Waals surface area contributed by atoms with E-state index in [2.05, 4.69) is 14.7 Å². The molecule has 0 aliphatic heterocycles. The van der Waals surface area contributed by atoms with Crippen molar-refractivity contribution in [1.82, 2.24) is 10.1 Å². The van der Waals surface area contributed by atoms with Crippen LogP contribution in [-0.2, 0) is 6.18 Å². The summed E-state index contributed by atoms with van der Waals surface area (Å²) in [5, 5.41) is 3.86. The van der Waals surface area contributed by atoms with Gasteiger partial charge in [-0.05, 0) is 36.8 Å². The lowest BCUT2D eigenvalue weighted by molar-refractivity contribution is -0.159. The molecule has 0 fully saturated rings. The Labute approximate surface area is 139 Å². The minimum Gasteiger partial charge on any atom is -0.457 e. The zero-order valence-electron chi connectivity index (χ0n) is 12.3. The average molecular weight is 355 g/mol. The number of nitrogens with zero attached hydrogens (tertiary/aromatic N) is 2. The smallest absolute Gasteiger partial charge is 0.457 e. The predicted octanol–water partition coefficient (Wildman–Crippen LogP) is 5.51. The molecule has 0 spiro atoms. The van der Waals surface area contributed by atoms with Crippen molar-refractivity contribution in [2.45, 2.75) is 13.1 Å². The molecule has 0 aliphatic rings. The molecular formula is C16H10ClF3N2O2. The van der Waals surface area contributed by atoms with E-state index in [1.807, 2.05) is 6.92 Å². The number of rotatable bonds is 3. The first-order valence-electron chi connectivity index (χ1n) is 6.78. The maximum Gasteiger partial charge on any atom is 0.471 e. The quantitative estimate of drug-likeness (QED) is 0.622. The molecule has 24 heavy (non-hydrogen) atoms. The number of aryl methyl sites for hydroxylation is 1. The van der Waals surface area contributed by atoms with Crippen molar-refractivity contribution in [2.24, 2.45) is 0 Å². The highest BCUT2D eigenvalue weighted by atomic mass is 35.5. The molecule has 0 bridgehead atoms. The SMILES string of the molecule is Cc1ccc(Cl)cc1Oc1cccc(-c2noc(C(F)(F)F)n2)c1. The van der Waals surface area contributed by atoms with Crippen molar-refractivity contribution in [3.05, 3.63) is 58.9 Å². The summed E-state index contributed by atoms with van der Waals surface area (Å²) in [6.07, 6.45) is -4.68. The first kappa shape index (κ1) is 16.3. The van der Waals surface area contributed by atoms with Crippen LogP contribution in [0.2, 0.25) is 5.02 Å². The highest BCUT2D eigenvalue weighted by Crippen LogP contribution is 2.32. The Morgan fingerprint density at radius 1 is 1.12 bits per heavy atom. The van der Waals surface area contributed by atoms with Gasteiger partial charge < -0.3 is 9.26 Å². The Morgan fingerprint density at radius 2 is 1.92 bits per heavy atom. The van der Waals surface area contributed by atoms with Crippen LogP contribution in [0, 0.1) is 6.92 Å². The van der Waals surface area contributed by atoms with E-state index in [1.54, 1.807) is 36.4 Å².